The van der Waals surface area contributed by atoms with Gasteiger partial charge in [-0.2, -0.15) is 4.39 Å². The second-order valence-corrected chi connectivity index (χ2v) is 8.81. The normalized spacial score (nSPS) is 12.1. The number of hydrogen-bond donors (Lipinski definition) is 4. The molecule has 11 heteroatoms. The summed E-state index contributed by atoms with van der Waals surface area (Å²) in [5.74, 6) is -0.666. The molecule has 6 nitrogen and oxygen atoms in total. The Bertz CT molecular complexity index is 794. The first kappa shape index (κ1) is 23.9. The standard InChI is InChI=1S/C18H26ClF2N5OS2/c1-2-5-22-8-9-23-6-3-4-7-24-15-11-14(20)16(10-13(15)19)29(27)26-18-25-12-17(21)28-18/h10-12,22-24H,2-9H2,1H3,(H,25,26). The van der Waals surface area contributed by atoms with Gasteiger partial charge in [0.25, 0.3) is 0 Å². The van der Waals surface area contributed by atoms with Crippen molar-refractivity contribution >= 4 is 44.7 Å². The summed E-state index contributed by atoms with van der Waals surface area (Å²) in [5.41, 5.74) is 0.446. The Morgan fingerprint density at radius 1 is 1.10 bits per heavy atom. The van der Waals surface area contributed by atoms with Crippen molar-refractivity contribution in [1.82, 2.24) is 15.6 Å². The Hall–Kier alpha value is -1.33. The molecule has 162 valence electrons. The number of aromatic nitrogens is 1. The maximum atomic E-state index is 14.4. The van der Waals surface area contributed by atoms with Crippen molar-refractivity contribution in [3.05, 3.63) is 34.3 Å². The Kier molecular flexibility index (Phi) is 10.8. The molecule has 2 rings (SSSR count). The zero-order valence-corrected chi connectivity index (χ0v) is 18.6. The number of hydrogen-bond acceptors (Lipinski definition) is 6. The molecule has 0 aliphatic heterocycles. The van der Waals surface area contributed by atoms with Gasteiger partial charge in [0, 0.05) is 19.6 Å². The minimum atomic E-state index is -1.94. The maximum absolute atomic E-state index is 14.4. The van der Waals surface area contributed by atoms with Gasteiger partial charge in [0.1, 0.15) is 5.82 Å². The minimum Gasteiger partial charge on any atom is -0.384 e. The van der Waals surface area contributed by atoms with Gasteiger partial charge in [-0.05, 0) is 44.5 Å². The Morgan fingerprint density at radius 3 is 2.52 bits per heavy atom. The number of nitrogens with one attached hydrogen (secondary N) is 4. The predicted octanol–water partition coefficient (Wildman–Crippen LogP) is 3.99. The molecule has 0 saturated carbocycles. The lowest BCUT2D eigenvalue weighted by atomic mass is 10.2. The van der Waals surface area contributed by atoms with Crippen molar-refractivity contribution in [3.8, 4) is 0 Å². The number of benzene rings is 1. The second-order valence-electron chi connectivity index (χ2n) is 6.24. The van der Waals surface area contributed by atoms with Crippen molar-refractivity contribution < 1.29 is 13.0 Å². The van der Waals surface area contributed by atoms with E-state index >= 15 is 0 Å². The van der Waals surface area contributed by atoms with Crippen LogP contribution in [0.15, 0.2) is 23.2 Å². The van der Waals surface area contributed by atoms with Crippen LogP contribution in [0.1, 0.15) is 26.2 Å². The fourth-order valence-electron chi connectivity index (χ4n) is 2.44. The molecule has 0 saturated heterocycles. The smallest absolute Gasteiger partial charge is 0.198 e. The van der Waals surface area contributed by atoms with Crippen LogP contribution in [0.5, 0.6) is 0 Å². The Morgan fingerprint density at radius 2 is 1.83 bits per heavy atom. The largest absolute Gasteiger partial charge is 0.384 e. The van der Waals surface area contributed by atoms with Gasteiger partial charge in [0.15, 0.2) is 21.2 Å². The summed E-state index contributed by atoms with van der Waals surface area (Å²) in [7, 11) is -1.94. The first-order valence-corrected chi connectivity index (χ1v) is 11.8. The number of thiazole rings is 1. The number of unbranched alkanes of at least 4 members (excludes halogenated alkanes) is 1. The lowest BCUT2D eigenvalue weighted by Gasteiger charge is -2.11. The van der Waals surface area contributed by atoms with Gasteiger partial charge in [-0.1, -0.05) is 29.9 Å². The van der Waals surface area contributed by atoms with Crippen LogP contribution < -0.4 is 20.7 Å². The molecule has 1 aromatic carbocycles. The van der Waals surface area contributed by atoms with Crippen LogP contribution in [0.3, 0.4) is 0 Å². The third-order valence-corrected chi connectivity index (χ3v) is 6.11. The summed E-state index contributed by atoms with van der Waals surface area (Å²) < 4.78 is 42.0. The van der Waals surface area contributed by atoms with Crippen molar-refractivity contribution in [2.75, 3.05) is 42.8 Å². The highest BCUT2D eigenvalue weighted by Gasteiger charge is 2.16. The third-order valence-electron chi connectivity index (χ3n) is 3.88. The van der Waals surface area contributed by atoms with Crippen LogP contribution in [-0.2, 0) is 11.0 Å². The molecule has 0 radical (unpaired) electrons. The number of rotatable bonds is 14. The average Bonchev–Trinajstić information content (AvgIpc) is 3.10. The summed E-state index contributed by atoms with van der Waals surface area (Å²) in [6, 6.07) is 2.52. The van der Waals surface area contributed by atoms with E-state index in [0.717, 1.165) is 51.6 Å². The molecule has 1 heterocycles. The Balaban J connectivity index is 1.73. The van der Waals surface area contributed by atoms with Crippen molar-refractivity contribution in [2.24, 2.45) is 0 Å². The van der Waals surface area contributed by atoms with Gasteiger partial charge < -0.3 is 16.0 Å². The highest BCUT2D eigenvalue weighted by molar-refractivity contribution is 7.86. The maximum Gasteiger partial charge on any atom is 0.198 e. The topological polar surface area (TPSA) is 78.1 Å². The van der Waals surface area contributed by atoms with Gasteiger partial charge in [0.2, 0.25) is 0 Å². The van der Waals surface area contributed by atoms with Crippen LogP contribution >= 0.6 is 22.9 Å². The van der Waals surface area contributed by atoms with Gasteiger partial charge in [-0.3, -0.25) is 4.72 Å². The van der Waals surface area contributed by atoms with E-state index in [0.29, 0.717) is 23.6 Å². The summed E-state index contributed by atoms with van der Waals surface area (Å²) in [6.45, 7) is 6.63. The van der Waals surface area contributed by atoms with E-state index in [2.05, 4.69) is 32.6 Å². The van der Waals surface area contributed by atoms with E-state index in [1.807, 2.05) is 0 Å². The van der Waals surface area contributed by atoms with Crippen LogP contribution in [0.4, 0.5) is 19.6 Å². The molecular formula is C18H26ClF2N5OS2. The van der Waals surface area contributed by atoms with Crippen LogP contribution in [0.25, 0.3) is 0 Å². The van der Waals surface area contributed by atoms with E-state index in [-0.39, 0.29) is 15.0 Å². The molecule has 0 spiro atoms. The monoisotopic (exact) mass is 465 g/mol. The molecule has 0 fully saturated rings. The summed E-state index contributed by atoms with van der Waals surface area (Å²) in [5, 5.41) is 9.64. The third kappa shape index (κ3) is 8.51. The van der Waals surface area contributed by atoms with Gasteiger partial charge in [0.05, 0.1) is 21.8 Å². The molecule has 4 N–H and O–H groups in total. The predicted molar refractivity (Wildman–Crippen MR) is 117 cm³/mol. The summed E-state index contributed by atoms with van der Waals surface area (Å²) >= 11 is 6.88. The quantitative estimate of drug-likeness (QED) is 0.317. The molecule has 1 aromatic heterocycles. The molecule has 0 aliphatic rings. The van der Waals surface area contributed by atoms with Crippen LogP contribution in [0.2, 0.25) is 5.02 Å². The van der Waals surface area contributed by atoms with Crippen LogP contribution in [-0.4, -0.2) is 41.9 Å². The lowest BCUT2D eigenvalue weighted by molar-refractivity contribution is 0.586. The molecule has 29 heavy (non-hydrogen) atoms. The number of halogens is 3. The molecule has 2 aromatic rings. The molecule has 1 unspecified atom stereocenters. The van der Waals surface area contributed by atoms with E-state index < -0.39 is 21.9 Å². The first-order valence-electron chi connectivity index (χ1n) is 9.45. The first-order chi connectivity index (χ1) is 14.0. The van der Waals surface area contributed by atoms with Gasteiger partial charge in [-0.15, -0.1) is 0 Å². The van der Waals surface area contributed by atoms with Gasteiger partial charge in [-0.25, -0.2) is 13.6 Å². The van der Waals surface area contributed by atoms with Crippen molar-refractivity contribution in [3.63, 3.8) is 0 Å². The Labute approximate surface area is 181 Å². The van der Waals surface area contributed by atoms with Gasteiger partial charge >= 0.3 is 0 Å². The van der Waals surface area contributed by atoms with E-state index in [4.69, 9.17) is 11.6 Å². The van der Waals surface area contributed by atoms with Crippen LogP contribution in [0, 0.1) is 10.9 Å². The summed E-state index contributed by atoms with van der Waals surface area (Å²) in [6.07, 6.45) is 4.02. The molecule has 0 bridgehead atoms. The zero-order chi connectivity index (χ0) is 21.1. The van der Waals surface area contributed by atoms with Crippen molar-refractivity contribution in [1.29, 1.82) is 0 Å². The number of anilines is 2. The highest BCUT2D eigenvalue weighted by Crippen LogP contribution is 2.28. The zero-order valence-electron chi connectivity index (χ0n) is 16.2. The van der Waals surface area contributed by atoms with E-state index in [1.54, 1.807) is 0 Å². The molecule has 1 atom stereocenters. The SMILES string of the molecule is CCCNCCNCCCCNc1cc(F)c(S(=O)Nc2ncc(F)s2)cc1Cl. The molecular weight excluding hydrogens is 440 g/mol. The van der Waals surface area contributed by atoms with E-state index in [9.17, 15) is 13.0 Å². The average molecular weight is 466 g/mol. The van der Waals surface area contributed by atoms with E-state index in [1.165, 1.54) is 12.1 Å². The van der Waals surface area contributed by atoms with Crippen molar-refractivity contribution in [2.45, 2.75) is 31.1 Å². The minimum absolute atomic E-state index is 0.105. The second kappa shape index (κ2) is 13.1. The molecule has 0 aliphatic carbocycles. The molecule has 0 amide bonds. The highest BCUT2D eigenvalue weighted by atomic mass is 35.5. The fourth-order valence-corrected chi connectivity index (χ4v) is 4.31. The summed E-state index contributed by atoms with van der Waals surface area (Å²) in [4.78, 5) is 3.59. The number of nitrogens with zero attached hydrogens (tertiary/aromatic N) is 1. The fraction of sp³-hybridized carbons (Fsp3) is 0.500. The lowest BCUT2D eigenvalue weighted by Crippen LogP contribution is -2.28.